The molecule has 0 spiro atoms. The number of hydrogen-bond acceptors (Lipinski definition) is 4. The van der Waals surface area contributed by atoms with Crippen LogP contribution in [0.25, 0.3) is 10.8 Å². The zero-order valence-corrected chi connectivity index (χ0v) is 27.3. The quantitative estimate of drug-likeness (QED) is 0.195. The fourth-order valence-corrected chi connectivity index (χ4v) is 7.07. The molecule has 2 N–H and O–H groups in total. The second-order valence-electron chi connectivity index (χ2n) is 12.0. The fourth-order valence-electron chi connectivity index (χ4n) is 5.08. The van der Waals surface area contributed by atoms with Crippen molar-refractivity contribution in [1.82, 2.24) is 0 Å². The summed E-state index contributed by atoms with van der Waals surface area (Å²) >= 11 is 12.8. The molecule has 5 aromatic rings. The zero-order valence-electron chi connectivity index (χ0n) is 25.0. The molecule has 0 amide bonds. The first-order chi connectivity index (χ1) is 20.2. The third-order valence-electron chi connectivity index (χ3n) is 7.40. The molecule has 0 radical (unpaired) electrons. The van der Waals surface area contributed by atoms with E-state index in [1.807, 2.05) is 69.3 Å². The number of phenols is 1. The highest BCUT2D eigenvalue weighted by Crippen LogP contribution is 2.48. The van der Waals surface area contributed by atoms with Crippen LogP contribution in [0.4, 0.5) is 22.7 Å². The Morgan fingerprint density at radius 3 is 1.81 bits per heavy atom. The number of benzene rings is 5. The van der Waals surface area contributed by atoms with Crippen molar-refractivity contribution in [2.24, 2.45) is 0 Å². The first-order valence-corrected chi connectivity index (χ1v) is 16.1. The van der Waals surface area contributed by atoms with Crippen molar-refractivity contribution in [3.8, 4) is 5.75 Å². The van der Waals surface area contributed by atoms with Gasteiger partial charge < -0.3 is 10.4 Å². The average molecular weight is 634 g/mol. The number of halogens is 2. The molecule has 0 aromatic heterocycles. The molecule has 8 heteroatoms. The van der Waals surface area contributed by atoms with Crippen LogP contribution in [-0.4, -0.2) is 13.5 Å². The lowest BCUT2D eigenvalue weighted by atomic mass is 9.83. The van der Waals surface area contributed by atoms with Crippen molar-refractivity contribution >= 4 is 66.7 Å². The summed E-state index contributed by atoms with van der Waals surface area (Å²) in [4.78, 5) is 0.112. The van der Waals surface area contributed by atoms with Gasteiger partial charge in [0.1, 0.15) is 0 Å². The van der Waals surface area contributed by atoms with Gasteiger partial charge in [-0.25, -0.2) is 12.7 Å². The van der Waals surface area contributed by atoms with Gasteiger partial charge in [0.2, 0.25) is 0 Å². The van der Waals surface area contributed by atoms with Crippen molar-refractivity contribution < 1.29 is 13.5 Å². The summed E-state index contributed by atoms with van der Waals surface area (Å²) in [5.41, 5.74) is 5.81. The molecule has 0 saturated heterocycles. The lowest BCUT2D eigenvalue weighted by Crippen LogP contribution is -2.29. The SMILES string of the molecule is Cc1ccc(Nc2cc(C(C)(C)C)c(N(c3cc(Cl)c(O)c(Cl)c3)S(=O)(=O)c3ccc(C)cc3)c3cc(C)ccc23)cc1. The van der Waals surface area contributed by atoms with E-state index >= 15 is 0 Å². The molecule has 0 unspecified atom stereocenters. The predicted molar refractivity (Wildman–Crippen MR) is 180 cm³/mol. The van der Waals surface area contributed by atoms with E-state index < -0.39 is 15.4 Å². The van der Waals surface area contributed by atoms with E-state index in [1.54, 1.807) is 24.3 Å². The Hall–Kier alpha value is -3.71. The standard InChI is InChI=1S/C35H34Cl2N2O3S/c1-21-7-12-24(13-8-21)38-32-20-29(35(4,5)6)33(28-17-23(3)11-16-27(28)32)39(25-18-30(36)34(40)31(37)19-25)43(41,42)26-14-9-22(2)10-15-26/h7-20,38,40H,1-6H3. The van der Waals surface area contributed by atoms with Gasteiger partial charge in [0, 0.05) is 22.1 Å². The molecular weight excluding hydrogens is 599 g/mol. The molecule has 43 heavy (non-hydrogen) atoms. The smallest absolute Gasteiger partial charge is 0.268 e. The van der Waals surface area contributed by atoms with Crippen LogP contribution in [0, 0.1) is 20.8 Å². The summed E-state index contributed by atoms with van der Waals surface area (Å²) < 4.78 is 30.8. The number of hydrogen-bond donors (Lipinski definition) is 2. The monoisotopic (exact) mass is 632 g/mol. The maximum atomic E-state index is 14.7. The van der Waals surface area contributed by atoms with Crippen LogP contribution >= 0.6 is 23.2 Å². The normalized spacial score (nSPS) is 12.0. The van der Waals surface area contributed by atoms with Crippen LogP contribution in [0.5, 0.6) is 5.75 Å². The molecule has 5 aromatic carbocycles. The number of rotatable bonds is 6. The topological polar surface area (TPSA) is 69.6 Å². The van der Waals surface area contributed by atoms with Crippen LogP contribution in [0.15, 0.2) is 89.8 Å². The minimum absolute atomic E-state index is 0.0536. The van der Waals surface area contributed by atoms with Crippen LogP contribution < -0.4 is 9.62 Å². The van der Waals surface area contributed by atoms with Crippen molar-refractivity contribution in [2.75, 3.05) is 9.62 Å². The fraction of sp³-hybridized carbons (Fsp3) is 0.200. The van der Waals surface area contributed by atoms with Gasteiger partial charge >= 0.3 is 0 Å². The number of nitrogens with one attached hydrogen (secondary N) is 1. The average Bonchev–Trinajstić information content (AvgIpc) is 2.93. The number of aromatic hydroxyl groups is 1. The molecule has 222 valence electrons. The van der Waals surface area contributed by atoms with E-state index in [4.69, 9.17) is 23.2 Å². The second-order valence-corrected chi connectivity index (χ2v) is 14.6. The largest absolute Gasteiger partial charge is 0.505 e. The number of phenolic OH excluding ortho intramolecular Hbond substituents is 1. The first-order valence-electron chi connectivity index (χ1n) is 13.9. The Morgan fingerprint density at radius 2 is 1.26 bits per heavy atom. The molecular formula is C35H34Cl2N2O3S. The van der Waals surface area contributed by atoms with Gasteiger partial charge in [0.25, 0.3) is 10.0 Å². The van der Waals surface area contributed by atoms with Crippen molar-refractivity contribution in [1.29, 1.82) is 0 Å². The highest BCUT2D eigenvalue weighted by Gasteiger charge is 2.34. The number of sulfonamides is 1. The summed E-state index contributed by atoms with van der Waals surface area (Å²) in [6, 6.07) is 25.8. The van der Waals surface area contributed by atoms with E-state index in [-0.39, 0.29) is 26.4 Å². The Labute approximate surface area is 263 Å². The van der Waals surface area contributed by atoms with Crippen molar-refractivity contribution in [3.05, 3.63) is 117 Å². The highest BCUT2D eigenvalue weighted by atomic mass is 35.5. The van der Waals surface area contributed by atoms with Gasteiger partial charge in [0.15, 0.2) is 5.75 Å². The molecule has 0 fully saturated rings. The zero-order chi connectivity index (χ0) is 31.3. The van der Waals surface area contributed by atoms with E-state index in [0.29, 0.717) is 5.69 Å². The van der Waals surface area contributed by atoms with E-state index in [1.165, 1.54) is 16.4 Å². The summed E-state index contributed by atoms with van der Waals surface area (Å²) in [6.45, 7) is 12.1. The van der Waals surface area contributed by atoms with E-state index in [9.17, 15) is 13.5 Å². The lowest BCUT2D eigenvalue weighted by molar-refractivity contribution is 0.476. The van der Waals surface area contributed by atoms with Gasteiger partial charge in [-0.1, -0.05) is 97.1 Å². The Kier molecular flexibility index (Phi) is 8.16. The van der Waals surface area contributed by atoms with Gasteiger partial charge in [-0.05, 0) is 80.3 Å². The summed E-state index contributed by atoms with van der Waals surface area (Å²) in [5.74, 6) is -0.311. The van der Waals surface area contributed by atoms with Crippen LogP contribution in [0.3, 0.4) is 0 Å². The van der Waals surface area contributed by atoms with Gasteiger partial charge in [-0.15, -0.1) is 0 Å². The van der Waals surface area contributed by atoms with Crippen molar-refractivity contribution in [2.45, 2.75) is 51.9 Å². The summed E-state index contributed by atoms with van der Waals surface area (Å²) in [6.07, 6.45) is 0. The van der Waals surface area contributed by atoms with E-state index in [0.717, 1.165) is 44.4 Å². The highest BCUT2D eigenvalue weighted by molar-refractivity contribution is 7.93. The van der Waals surface area contributed by atoms with Crippen LogP contribution in [0.1, 0.15) is 43.0 Å². The number of fused-ring (bicyclic) bond motifs is 1. The van der Waals surface area contributed by atoms with Crippen LogP contribution in [0.2, 0.25) is 10.0 Å². The Balaban J connectivity index is 1.91. The molecule has 5 rings (SSSR count). The minimum Gasteiger partial charge on any atom is -0.505 e. The first kappa shape index (κ1) is 30.7. The maximum absolute atomic E-state index is 14.7. The molecule has 0 saturated carbocycles. The molecule has 5 nitrogen and oxygen atoms in total. The van der Waals surface area contributed by atoms with Crippen molar-refractivity contribution in [3.63, 3.8) is 0 Å². The molecule has 0 atom stereocenters. The second kappa shape index (κ2) is 11.4. The Morgan fingerprint density at radius 1 is 0.721 bits per heavy atom. The summed E-state index contributed by atoms with van der Waals surface area (Å²) in [7, 11) is -4.22. The third kappa shape index (κ3) is 6.05. The molecule has 0 bridgehead atoms. The molecule has 0 heterocycles. The van der Waals surface area contributed by atoms with Gasteiger partial charge in [-0.2, -0.15) is 0 Å². The number of nitrogens with zero attached hydrogens (tertiary/aromatic N) is 1. The van der Waals surface area contributed by atoms with E-state index in [2.05, 4.69) is 26.1 Å². The van der Waals surface area contributed by atoms with Crippen LogP contribution in [-0.2, 0) is 15.4 Å². The summed E-state index contributed by atoms with van der Waals surface area (Å²) in [5, 5.41) is 15.4. The third-order valence-corrected chi connectivity index (χ3v) is 9.72. The molecule has 0 aliphatic heterocycles. The predicted octanol–water partition coefficient (Wildman–Crippen LogP) is 10.3. The number of aryl methyl sites for hydroxylation is 3. The molecule has 0 aliphatic carbocycles. The number of anilines is 4. The maximum Gasteiger partial charge on any atom is 0.268 e. The minimum atomic E-state index is -4.22. The lowest BCUT2D eigenvalue weighted by Gasteiger charge is -2.33. The Bertz CT molecular complexity index is 1920. The van der Waals surface area contributed by atoms with Gasteiger partial charge in [-0.3, -0.25) is 0 Å². The molecule has 0 aliphatic rings. The van der Waals surface area contributed by atoms with Gasteiger partial charge in [0.05, 0.1) is 26.3 Å².